The normalized spacial score (nSPS) is 16.6. The number of benzene rings is 2. The van der Waals surface area contributed by atoms with Crippen LogP contribution in [0.3, 0.4) is 0 Å². The van der Waals surface area contributed by atoms with Crippen molar-refractivity contribution in [3.63, 3.8) is 0 Å². The van der Waals surface area contributed by atoms with Crippen molar-refractivity contribution in [1.82, 2.24) is 0 Å². The highest BCUT2D eigenvalue weighted by Gasteiger charge is 2.36. The Kier molecular flexibility index (Phi) is 3.87. The number of primary amides is 1. The zero-order valence-corrected chi connectivity index (χ0v) is 13.2. The van der Waals surface area contributed by atoms with E-state index in [0.29, 0.717) is 11.3 Å². The minimum Gasteiger partial charge on any atom is -0.476 e. The molecule has 1 aliphatic rings. The van der Waals surface area contributed by atoms with E-state index in [0.717, 1.165) is 4.31 Å². The van der Waals surface area contributed by atoms with Crippen LogP contribution in [0.4, 0.5) is 5.69 Å². The number of anilines is 1. The van der Waals surface area contributed by atoms with Crippen LogP contribution in [0.25, 0.3) is 0 Å². The maximum atomic E-state index is 13.0. The van der Waals surface area contributed by atoms with Gasteiger partial charge in [0.15, 0.2) is 6.10 Å². The van der Waals surface area contributed by atoms with Crippen LogP contribution in [0.2, 0.25) is 0 Å². The van der Waals surface area contributed by atoms with Crippen LogP contribution in [0, 0.1) is 11.3 Å². The molecule has 2 aromatic rings. The van der Waals surface area contributed by atoms with Gasteiger partial charge in [0.05, 0.1) is 28.8 Å². The maximum Gasteiger partial charge on any atom is 0.264 e. The molecule has 1 aliphatic heterocycles. The summed E-state index contributed by atoms with van der Waals surface area (Å²) in [6, 6.07) is 14.0. The molecular weight excluding hydrogens is 330 g/mol. The topological polar surface area (TPSA) is 113 Å². The largest absolute Gasteiger partial charge is 0.476 e. The highest BCUT2D eigenvalue weighted by atomic mass is 32.2. The minimum atomic E-state index is -3.93. The Morgan fingerprint density at radius 3 is 2.50 bits per heavy atom. The number of carbonyl (C=O) groups excluding carboxylic acids is 1. The number of amides is 1. The van der Waals surface area contributed by atoms with Crippen molar-refractivity contribution < 1.29 is 17.9 Å². The third kappa shape index (κ3) is 2.66. The molecule has 1 unspecified atom stereocenters. The molecule has 0 fully saturated rings. The minimum absolute atomic E-state index is 0.0152. The molecule has 0 saturated heterocycles. The van der Waals surface area contributed by atoms with Crippen LogP contribution < -0.4 is 14.8 Å². The summed E-state index contributed by atoms with van der Waals surface area (Å²) in [5, 5.41) is 8.83. The molecule has 1 atom stereocenters. The smallest absolute Gasteiger partial charge is 0.264 e. The fourth-order valence-corrected chi connectivity index (χ4v) is 3.88. The number of nitriles is 1. The van der Waals surface area contributed by atoms with Crippen molar-refractivity contribution in [1.29, 1.82) is 5.26 Å². The number of hydrogen-bond donors (Lipinski definition) is 1. The number of rotatable bonds is 3. The second-order valence-electron chi connectivity index (χ2n) is 5.15. The average Bonchev–Trinajstić information content (AvgIpc) is 2.60. The lowest BCUT2D eigenvalue weighted by Crippen LogP contribution is -2.49. The number of para-hydroxylation sites is 2. The van der Waals surface area contributed by atoms with Crippen molar-refractivity contribution >= 4 is 21.6 Å². The molecule has 24 heavy (non-hydrogen) atoms. The number of carbonyl (C=O) groups is 1. The lowest BCUT2D eigenvalue weighted by Gasteiger charge is -2.34. The Morgan fingerprint density at radius 2 is 1.88 bits per heavy atom. The van der Waals surface area contributed by atoms with Crippen LogP contribution in [-0.2, 0) is 14.8 Å². The summed E-state index contributed by atoms with van der Waals surface area (Å²) in [4.78, 5) is 11.5. The van der Waals surface area contributed by atoms with E-state index in [9.17, 15) is 13.2 Å². The van der Waals surface area contributed by atoms with E-state index in [1.165, 1.54) is 24.3 Å². The second kappa shape index (κ2) is 5.86. The molecule has 8 heteroatoms. The SMILES string of the molecule is N#Cc1ccc(S(=O)(=O)N2CC(C(N)=O)Oc3ccccc32)cc1. The number of sulfonamides is 1. The fourth-order valence-electron chi connectivity index (χ4n) is 2.41. The molecule has 3 rings (SSSR count). The van der Waals surface area contributed by atoms with E-state index < -0.39 is 22.0 Å². The summed E-state index contributed by atoms with van der Waals surface area (Å²) < 4.78 is 32.5. The molecule has 122 valence electrons. The van der Waals surface area contributed by atoms with E-state index >= 15 is 0 Å². The van der Waals surface area contributed by atoms with Crippen LogP contribution in [0.15, 0.2) is 53.4 Å². The number of fused-ring (bicyclic) bond motifs is 1. The summed E-state index contributed by atoms with van der Waals surface area (Å²) >= 11 is 0. The van der Waals surface area contributed by atoms with Crippen molar-refractivity contribution in [3.05, 3.63) is 54.1 Å². The van der Waals surface area contributed by atoms with Gasteiger partial charge < -0.3 is 10.5 Å². The van der Waals surface area contributed by atoms with Gasteiger partial charge in [-0.05, 0) is 36.4 Å². The van der Waals surface area contributed by atoms with Gasteiger partial charge in [0.25, 0.3) is 15.9 Å². The van der Waals surface area contributed by atoms with Gasteiger partial charge in [-0.3, -0.25) is 9.10 Å². The molecule has 2 aromatic carbocycles. The third-order valence-corrected chi connectivity index (χ3v) is 5.42. The van der Waals surface area contributed by atoms with Crippen molar-refractivity contribution in [2.45, 2.75) is 11.0 Å². The molecule has 7 nitrogen and oxygen atoms in total. The lowest BCUT2D eigenvalue weighted by atomic mass is 10.2. The van der Waals surface area contributed by atoms with E-state index in [4.69, 9.17) is 15.7 Å². The molecule has 0 aliphatic carbocycles. The van der Waals surface area contributed by atoms with E-state index in [2.05, 4.69) is 0 Å². The quantitative estimate of drug-likeness (QED) is 0.893. The van der Waals surface area contributed by atoms with E-state index in [-0.39, 0.29) is 17.2 Å². The maximum absolute atomic E-state index is 13.0. The number of nitrogens with two attached hydrogens (primary N) is 1. The first-order chi connectivity index (χ1) is 11.4. The predicted octanol–water partition coefficient (Wildman–Crippen LogP) is 1.000. The number of hydrogen-bond acceptors (Lipinski definition) is 5. The number of nitrogens with zero attached hydrogens (tertiary/aromatic N) is 2. The Hall–Kier alpha value is -3.05. The average molecular weight is 343 g/mol. The van der Waals surface area contributed by atoms with Crippen LogP contribution in [0.1, 0.15) is 5.56 Å². The Morgan fingerprint density at radius 1 is 1.21 bits per heavy atom. The molecule has 1 amide bonds. The summed E-state index contributed by atoms with van der Waals surface area (Å²) in [5.74, 6) is -0.477. The van der Waals surface area contributed by atoms with Crippen molar-refractivity contribution in [2.75, 3.05) is 10.8 Å². The summed E-state index contributed by atoms with van der Waals surface area (Å²) in [5.41, 5.74) is 5.97. The zero-order valence-electron chi connectivity index (χ0n) is 12.4. The standard InChI is InChI=1S/C16H13N3O4S/c17-9-11-5-7-12(8-6-11)24(21,22)19-10-15(16(18)20)23-14-4-2-1-3-13(14)19/h1-8,15H,10H2,(H2,18,20). The first-order valence-electron chi connectivity index (χ1n) is 7.01. The van der Waals surface area contributed by atoms with E-state index in [1.807, 2.05) is 6.07 Å². The highest BCUT2D eigenvalue weighted by molar-refractivity contribution is 7.92. The predicted molar refractivity (Wildman–Crippen MR) is 85.7 cm³/mol. The molecular formula is C16H13N3O4S. The van der Waals surface area contributed by atoms with Gasteiger partial charge in [0.2, 0.25) is 0 Å². The zero-order chi connectivity index (χ0) is 17.3. The summed E-state index contributed by atoms with van der Waals surface area (Å²) in [6.07, 6.45) is -1.08. The first-order valence-corrected chi connectivity index (χ1v) is 8.45. The fraction of sp³-hybridized carbons (Fsp3) is 0.125. The molecule has 0 aromatic heterocycles. The van der Waals surface area contributed by atoms with Crippen molar-refractivity contribution in [2.24, 2.45) is 5.73 Å². The van der Waals surface area contributed by atoms with Gasteiger partial charge in [-0.15, -0.1) is 0 Å². The van der Waals surface area contributed by atoms with Gasteiger partial charge in [0, 0.05) is 0 Å². The van der Waals surface area contributed by atoms with Crippen LogP contribution in [-0.4, -0.2) is 27.0 Å². The third-order valence-electron chi connectivity index (χ3n) is 3.62. The van der Waals surface area contributed by atoms with Crippen molar-refractivity contribution in [3.8, 4) is 11.8 Å². The molecule has 0 radical (unpaired) electrons. The summed E-state index contributed by atoms with van der Waals surface area (Å²) in [6.45, 7) is -0.214. The van der Waals surface area contributed by atoms with E-state index in [1.54, 1.807) is 24.3 Å². The van der Waals surface area contributed by atoms with Gasteiger partial charge in [-0.2, -0.15) is 5.26 Å². The van der Waals surface area contributed by atoms with Gasteiger partial charge in [-0.25, -0.2) is 8.42 Å². The lowest BCUT2D eigenvalue weighted by molar-refractivity contribution is -0.124. The molecule has 0 spiro atoms. The molecule has 0 saturated carbocycles. The second-order valence-corrected chi connectivity index (χ2v) is 7.01. The van der Waals surface area contributed by atoms with Gasteiger partial charge in [-0.1, -0.05) is 12.1 Å². The molecule has 0 bridgehead atoms. The Balaban J connectivity index is 2.08. The Labute approximate surface area is 138 Å². The Bertz CT molecular complexity index is 933. The molecule has 1 heterocycles. The van der Waals surface area contributed by atoms with Crippen LogP contribution in [0.5, 0.6) is 5.75 Å². The summed E-state index contributed by atoms with van der Waals surface area (Å²) in [7, 11) is -3.93. The van der Waals surface area contributed by atoms with Crippen LogP contribution >= 0.6 is 0 Å². The monoisotopic (exact) mass is 343 g/mol. The number of ether oxygens (including phenoxy) is 1. The molecule has 2 N–H and O–H groups in total. The van der Waals surface area contributed by atoms with Gasteiger partial charge in [0.1, 0.15) is 5.75 Å². The first kappa shape index (κ1) is 15.8. The highest BCUT2D eigenvalue weighted by Crippen LogP contribution is 2.36. The van der Waals surface area contributed by atoms with Gasteiger partial charge >= 0.3 is 0 Å².